The summed E-state index contributed by atoms with van der Waals surface area (Å²) in [4.78, 5) is 18.0. The van der Waals surface area contributed by atoms with E-state index in [0.29, 0.717) is 9.48 Å². The number of halogens is 2. The molecule has 2 heterocycles. The summed E-state index contributed by atoms with van der Waals surface area (Å²) in [6, 6.07) is 4.69. The zero-order valence-electron chi connectivity index (χ0n) is 10.6. The summed E-state index contributed by atoms with van der Waals surface area (Å²) in [5.74, 6) is -0.882. The third-order valence-electron chi connectivity index (χ3n) is 3.26. The molecule has 0 aliphatic heterocycles. The van der Waals surface area contributed by atoms with Crippen molar-refractivity contribution in [3.8, 4) is 0 Å². The Labute approximate surface area is 128 Å². The second kappa shape index (κ2) is 5.61. The van der Waals surface area contributed by atoms with Crippen molar-refractivity contribution in [3.63, 3.8) is 0 Å². The zero-order chi connectivity index (χ0) is 14.1. The number of thiophene rings is 1. The Morgan fingerprint density at radius 2 is 2.15 bits per heavy atom. The molecule has 0 unspecified atom stereocenters. The number of aromatic nitrogens is 1. The normalized spacial score (nSPS) is 13.9. The van der Waals surface area contributed by atoms with Gasteiger partial charge in [-0.05, 0) is 65.4 Å². The van der Waals surface area contributed by atoms with Crippen molar-refractivity contribution in [3.05, 3.63) is 43.9 Å². The Balaban J connectivity index is 1.82. The maximum atomic E-state index is 13.6. The molecule has 2 aromatic rings. The van der Waals surface area contributed by atoms with E-state index in [1.54, 1.807) is 0 Å². The van der Waals surface area contributed by atoms with Crippen molar-refractivity contribution in [2.24, 2.45) is 0 Å². The highest BCUT2D eigenvalue weighted by atomic mass is 79.9. The van der Waals surface area contributed by atoms with Crippen LogP contribution in [0.15, 0.2) is 22.8 Å². The second-order valence-electron chi connectivity index (χ2n) is 4.68. The first-order chi connectivity index (χ1) is 9.63. The number of pyridine rings is 1. The lowest BCUT2D eigenvalue weighted by Crippen LogP contribution is -2.12. The molecule has 0 saturated carbocycles. The molecule has 0 radical (unpaired) electrons. The average molecular weight is 355 g/mol. The molecule has 1 aliphatic rings. The molecular weight excluding hydrogens is 343 g/mol. The van der Waals surface area contributed by atoms with Gasteiger partial charge in [0.2, 0.25) is 0 Å². The molecule has 1 N–H and O–H groups in total. The molecule has 6 heteroatoms. The molecule has 3 nitrogen and oxygen atoms in total. The van der Waals surface area contributed by atoms with Gasteiger partial charge in [0.05, 0.1) is 4.88 Å². The van der Waals surface area contributed by atoms with Gasteiger partial charge in [-0.1, -0.05) is 0 Å². The highest BCUT2D eigenvalue weighted by Crippen LogP contribution is 2.30. The average Bonchev–Trinajstić information content (AvgIpc) is 2.87. The van der Waals surface area contributed by atoms with Crippen LogP contribution >= 0.6 is 27.3 Å². The Hall–Kier alpha value is -1.27. The fourth-order valence-electron chi connectivity index (χ4n) is 2.28. The summed E-state index contributed by atoms with van der Waals surface area (Å²) in [6.07, 6.45) is 4.42. The van der Waals surface area contributed by atoms with Gasteiger partial charge in [-0.2, -0.15) is 0 Å². The minimum Gasteiger partial charge on any atom is -0.303 e. The Kier molecular flexibility index (Phi) is 3.85. The first-order valence-electron chi connectivity index (χ1n) is 6.38. The molecule has 0 atom stereocenters. The van der Waals surface area contributed by atoms with Crippen LogP contribution < -0.4 is 5.32 Å². The largest absolute Gasteiger partial charge is 0.303 e. The monoisotopic (exact) mass is 354 g/mol. The summed E-state index contributed by atoms with van der Waals surface area (Å²) in [5, 5.41) is 2.53. The van der Waals surface area contributed by atoms with Gasteiger partial charge < -0.3 is 5.32 Å². The first kappa shape index (κ1) is 13.7. The van der Waals surface area contributed by atoms with Gasteiger partial charge >= 0.3 is 0 Å². The number of nitrogens with zero attached hydrogens (tertiary/aromatic N) is 1. The number of hydrogen-bond acceptors (Lipinski definition) is 3. The van der Waals surface area contributed by atoms with Gasteiger partial charge in [0.1, 0.15) is 4.60 Å². The van der Waals surface area contributed by atoms with Gasteiger partial charge in [0.15, 0.2) is 11.6 Å². The predicted molar refractivity (Wildman–Crippen MR) is 80.8 cm³/mol. The molecule has 104 valence electrons. The van der Waals surface area contributed by atoms with Crippen molar-refractivity contribution in [1.29, 1.82) is 0 Å². The molecule has 1 aliphatic carbocycles. The van der Waals surface area contributed by atoms with E-state index < -0.39 is 5.82 Å². The van der Waals surface area contributed by atoms with Crippen LogP contribution in [0.5, 0.6) is 0 Å². The van der Waals surface area contributed by atoms with E-state index in [2.05, 4.69) is 26.2 Å². The topological polar surface area (TPSA) is 42.0 Å². The van der Waals surface area contributed by atoms with Crippen LogP contribution in [0.25, 0.3) is 0 Å². The summed E-state index contributed by atoms with van der Waals surface area (Å²) in [7, 11) is 0. The third-order valence-corrected chi connectivity index (χ3v) is 4.94. The number of fused-ring (bicyclic) bond motifs is 1. The second-order valence-corrected chi connectivity index (χ2v) is 6.63. The third kappa shape index (κ3) is 2.76. The van der Waals surface area contributed by atoms with E-state index in [1.165, 1.54) is 46.8 Å². The van der Waals surface area contributed by atoms with Crippen molar-refractivity contribution in [1.82, 2.24) is 4.98 Å². The van der Waals surface area contributed by atoms with Gasteiger partial charge in [-0.3, -0.25) is 4.79 Å². The maximum Gasteiger partial charge on any atom is 0.266 e. The maximum absolute atomic E-state index is 13.6. The SMILES string of the molecule is O=C(Nc1nc(Br)ccc1F)c1cc2c(s1)CCCC2. The Morgan fingerprint density at radius 3 is 2.95 bits per heavy atom. The molecule has 0 saturated heterocycles. The first-order valence-corrected chi connectivity index (χ1v) is 7.99. The molecule has 1 amide bonds. The molecule has 2 aromatic heterocycles. The minimum atomic E-state index is -0.539. The quantitative estimate of drug-likeness (QED) is 0.822. The van der Waals surface area contributed by atoms with E-state index in [9.17, 15) is 9.18 Å². The van der Waals surface area contributed by atoms with Crippen LogP contribution in [-0.2, 0) is 12.8 Å². The van der Waals surface area contributed by atoms with Crippen molar-refractivity contribution in [2.75, 3.05) is 5.32 Å². The van der Waals surface area contributed by atoms with Gasteiger partial charge in [-0.15, -0.1) is 11.3 Å². The lowest BCUT2D eigenvalue weighted by atomic mass is 9.99. The van der Waals surface area contributed by atoms with Gasteiger partial charge in [0, 0.05) is 4.88 Å². The molecule has 0 fully saturated rings. The molecule has 0 aromatic carbocycles. The smallest absolute Gasteiger partial charge is 0.266 e. The van der Waals surface area contributed by atoms with Crippen LogP contribution in [-0.4, -0.2) is 10.9 Å². The lowest BCUT2D eigenvalue weighted by Gasteiger charge is -2.08. The molecule has 0 spiro atoms. The zero-order valence-corrected chi connectivity index (χ0v) is 13.0. The molecule has 20 heavy (non-hydrogen) atoms. The number of nitrogens with one attached hydrogen (secondary N) is 1. The number of carbonyl (C=O) groups is 1. The van der Waals surface area contributed by atoms with Gasteiger partial charge in [0.25, 0.3) is 5.91 Å². The number of anilines is 1. The standard InChI is InChI=1S/C14H12BrFN2OS/c15-12-6-5-9(16)13(17-12)18-14(19)11-7-8-3-1-2-4-10(8)20-11/h5-7H,1-4H2,(H,17,18,19). The van der Waals surface area contributed by atoms with Crippen LogP contribution in [0.1, 0.15) is 33.0 Å². The van der Waals surface area contributed by atoms with E-state index in [4.69, 9.17) is 0 Å². The highest BCUT2D eigenvalue weighted by molar-refractivity contribution is 9.10. The number of amides is 1. The predicted octanol–water partition coefficient (Wildman–Crippen LogP) is 4.18. The number of hydrogen-bond donors (Lipinski definition) is 1. The summed E-state index contributed by atoms with van der Waals surface area (Å²) >= 11 is 4.66. The van der Waals surface area contributed by atoms with Crippen molar-refractivity contribution >= 4 is 39.0 Å². The van der Waals surface area contributed by atoms with E-state index in [0.717, 1.165) is 12.8 Å². The van der Waals surface area contributed by atoms with E-state index in [1.807, 2.05) is 6.07 Å². The molecule has 3 rings (SSSR count). The van der Waals surface area contributed by atoms with E-state index >= 15 is 0 Å². The van der Waals surface area contributed by atoms with Crippen LogP contribution in [0.2, 0.25) is 0 Å². The fraction of sp³-hybridized carbons (Fsp3) is 0.286. The highest BCUT2D eigenvalue weighted by Gasteiger charge is 2.18. The fourth-order valence-corrected chi connectivity index (χ4v) is 3.74. The molecule has 0 bridgehead atoms. The van der Waals surface area contributed by atoms with Crippen molar-refractivity contribution in [2.45, 2.75) is 25.7 Å². The van der Waals surface area contributed by atoms with Crippen LogP contribution in [0.4, 0.5) is 10.2 Å². The van der Waals surface area contributed by atoms with Crippen molar-refractivity contribution < 1.29 is 9.18 Å². The van der Waals surface area contributed by atoms with Gasteiger partial charge in [-0.25, -0.2) is 9.37 Å². The summed E-state index contributed by atoms with van der Waals surface area (Å²) in [6.45, 7) is 0. The Morgan fingerprint density at radius 1 is 1.35 bits per heavy atom. The summed E-state index contributed by atoms with van der Waals surface area (Å²) in [5.41, 5.74) is 1.26. The summed E-state index contributed by atoms with van der Waals surface area (Å²) < 4.78 is 14.1. The lowest BCUT2D eigenvalue weighted by molar-refractivity contribution is 0.102. The Bertz CT molecular complexity index is 648. The number of rotatable bonds is 2. The van der Waals surface area contributed by atoms with Crippen LogP contribution in [0.3, 0.4) is 0 Å². The minimum absolute atomic E-state index is 0.0456. The van der Waals surface area contributed by atoms with Crippen LogP contribution in [0, 0.1) is 5.82 Å². The van der Waals surface area contributed by atoms with E-state index in [-0.39, 0.29) is 11.7 Å². The number of carbonyl (C=O) groups excluding carboxylic acids is 1. The number of aryl methyl sites for hydroxylation is 2. The molecular formula is C14H12BrFN2OS.